The Labute approximate surface area is 222 Å². The summed E-state index contributed by atoms with van der Waals surface area (Å²) in [5, 5.41) is 14.6. The molecule has 2 N–H and O–H groups in total. The van der Waals surface area contributed by atoms with Crippen LogP contribution in [0.2, 0.25) is 0 Å². The van der Waals surface area contributed by atoms with Crippen molar-refractivity contribution in [1.82, 2.24) is 0 Å². The van der Waals surface area contributed by atoms with Gasteiger partial charge < -0.3 is 14.8 Å². The average molecular weight is 531 g/mol. The Bertz CT molecular complexity index is 1570. The molecule has 196 valence electrons. The molecule has 0 amide bonds. The summed E-state index contributed by atoms with van der Waals surface area (Å²) in [6, 6.07) is 26.1. The molecule has 1 unspecified atom stereocenters. The van der Waals surface area contributed by atoms with Crippen LogP contribution in [0.15, 0.2) is 105 Å². The van der Waals surface area contributed by atoms with Crippen LogP contribution in [-0.4, -0.2) is 19.6 Å². The van der Waals surface area contributed by atoms with Gasteiger partial charge in [-0.1, -0.05) is 67.6 Å². The second-order valence-corrected chi connectivity index (χ2v) is 11.3. The molecule has 4 aromatic rings. The molecule has 1 fully saturated rings. The smallest absolute Gasteiger partial charge is 0.365 e. The number of hydrogen-bond acceptors (Lipinski definition) is 6. The molecule has 7 nitrogen and oxygen atoms in total. The van der Waals surface area contributed by atoms with Crippen molar-refractivity contribution in [3.05, 3.63) is 113 Å². The van der Waals surface area contributed by atoms with Crippen molar-refractivity contribution in [2.75, 3.05) is 9.62 Å². The molecule has 3 aromatic carbocycles. The lowest BCUT2D eigenvalue weighted by Gasteiger charge is -2.27. The molecule has 8 heteroatoms. The Morgan fingerprint density at radius 3 is 2.24 bits per heavy atom. The Hall–Kier alpha value is -4.04. The Morgan fingerprint density at radius 1 is 0.974 bits per heavy atom. The maximum absolute atomic E-state index is 14.0. The Morgan fingerprint density at radius 2 is 1.61 bits per heavy atom. The van der Waals surface area contributed by atoms with Gasteiger partial charge in [-0.05, 0) is 55.5 Å². The number of rotatable bonds is 10. The van der Waals surface area contributed by atoms with Gasteiger partial charge in [0, 0.05) is 18.0 Å². The quantitative estimate of drug-likeness (QED) is 0.254. The van der Waals surface area contributed by atoms with Gasteiger partial charge in [-0.3, -0.25) is 0 Å². The second-order valence-electron chi connectivity index (χ2n) is 9.48. The van der Waals surface area contributed by atoms with Gasteiger partial charge in [0.2, 0.25) is 0 Å². The molecule has 38 heavy (non-hydrogen) atoms. The highest BCUT2D eigenvalue weighted by Gasteiger charge is 2.35. The SMILES string of the molecule is CCC(Cc1ccccc1)c1cc(O)c(N(c2ccccc2NC2CC2)S(=O)(=O)c2ccccc2)c(=O)o1. The molecular weight excluding hydrogens is 500 g/mol. The van der Waals surface area contributed by atoms with Crippen molar-refractivity contribution in [2.45, 2.75) is 49.5 Å². The van der Waals surface area contributed by atoms with Crippen LogP contribution in [0.25, 0.3) is 0 Å². The molecule has 1 aliphatic carbocycles. The lowest BCUT2D eigenvalue weighted by molar-refractivity contribution is 0.396. The van der Waals surface area contributed by atoms with Gasteiger partial charge in [-0.15, -0.1) is 0 Å². The van der Waals surface area contributed by atoms with E-state index in [1.165, 1.54) is 18.2 Å². The molecule has 1 atom stereocenters. The number of benzene rings is 3. The van der Waals surface area contributed by atoms with Crippen LogP contribution in [0.1, 0.15) is 43.4 Å². The number of sulfonamides is 1. The Kier molecular flexibility index (Phi) is 7.24. The van der Waals surface area contributed by atoms with Crippen LogP contribution in [-0.2, 0) is 16.4 Å². The summed E-state index contributed by atoms with van der Waals surface area (Å²) in [5.74, 6) is -0.319. The molecule has 0 radical (unpaired) electrons. The van der Waals surface area contributed by atoms with Crippen LogP contribution in [0.5, 0.6) is 5.75 Å². The number of nitrogens with zero attached hydrogens (tertiary/aromatic N) is 1. The minimum Gasteiger partial charge on any atom is -0.505 e. The van der Waals surface area contributed by atoms with Crippen molar-refractivity contribution < 1.29 is 17.9 Å². The van der Waals surface area contributed by atoms with Gasteiger partial charge in [0.1, 0.15) is 5.76 Å². The van der Waals surface area contributed by atoms with Crippen molar-refractivity contribution >= 4 is 27.1 Å². The maximum Gasteiger partial charge on any atom is 0.365 e. The third-order valence-electron chi connectivity index (χ3n) is 6.69. The topological polar surface area (TPSA) is 99.9 Å². The van der Waals surface area contributed by atoms with E-state index in [4.69, 9.17) is 4.42 Å². The third-order valence-corrected chi connectivity index (χ3v) is 8.42. The van der Waals surface area contributed by atoms with E-state index in [2.05, 4.69) is 5.32 Å². The minimum absolute atomic E-state index is 0.0142. The van der Waals surface area contributed by atoms with Crippen molar-refractivity contribution in [2.24, 2.45) is 0 Å². The Balaban J connectivity index is 1.64. The summed E-state index contributed by atoms with van der Waals surface area (Å²) in [6.45, 7) is 1.98. The zero-order chi connectivity index (χ0) is 26.7. The maximum atomic E-state index is 14.0. The lowest BCUT2D eigenvalue weighted by Crippen LogP contribution is -2.31. The van der Waals surface area contributed by atoms with Gasteiger partial charge >= 0.3 is 5.63 Å². The summed E-state index contributed by atoms with van der Waals surface area (Å²) in [6.07, 6.45) is 3.22. The van der Waals surface area contributed by atoms with E-state index in [0.29, 0.717) is 24.3 Å². The number of anilines is 3. The first-order valence-corrected chi connectivity index (χ1v) is 14.2. The van der Waals surface area contributed by atoms with E-state index < -0.39 is 27.1 Å². The van der Waals surface area contributed by atoms with Crippen LogP contribution >= 0.6 is 0 Å². The van der Waals surface area contributed by atoms with Gasteiger partial charge in [-0.2, -0.15) is 0 Å². The molecule has 1 heterocycles. The van der Waals surface area contributed by atoms with E-state index in [1.807, 2.05) is 37.3 Å². The predicted octanol–water partition coefficient (Wildman–Crippen LogP) is 6.18. The van der Waals surface area contributed by atoms with Crippen molar-refractivity contribution in [1.29, 1.82) is 0 Å². The molecule has 0 aliphatic heterocycles. The summed E-state index contributed by atoms with van der Waals surface area (Å²) in [7, 11) is -4.30. The normalized spacial score (nSPS) is 14.1. The summed E-state index contributed by atoms with van der Waals surface area (Å²) in [5.41, 5.74) is 0.478. The highest BCUT2D eigenvalue weighted by molar-refractivity contribution is 7.93. The van der Waals surface area contributed by atoms with Crippen molar-refractivity contribution in [3.63, 3.8) is 0 Å². The van der Waals surface area contributed by atoms with E-state index in [0.717, 1.165) is 22.7 Å². The predicted molar refractivity (Wildman–Crippen MR) is 149 cm³/mol. The third kappa shape index (κ3) is 5.31. The molecule has 1 saturated carbocycles. The highest BCUT2D eigenvalue weighted by Crippen LogP contribution is 2.42. The monoisotopic (exact) mass is 530 g/mol. The molecule has 0 bridgehead atoms. The summed E-state index contributed by atoms with van der Waals surface area (Å²) >= 11 is 0. The first-order chi connectivity index (χ1) is 18.4. The van der Waals surface area contributed by atoms with Crippen molar-refractivity contribution in [3.8, 4) is 5.75 Å². The second kappa shape index (κ2) is 10.8. The molecule has 1 aliphatic rings. The first-order valence-electron chi connectivity index (χ1n) is 12.8. The molecular formula is C30H30N2O5S. The molecule has 5 rings (SSSR count). The minimum atomic E-state index is -4.30. The summed E-state index contributed by atoms with van der Waals surface area (Å²) < 4.78 is 34.7. The zero-order valence-corrected chi connectivity index (χ0v) is 21.9. The zero-order valence-electron chi connectivity index (χ0n) is 21.1. The van der Waals surface area contributed by atoms with Gasteiger partial charge in [0.25, 0.3) is 10.0 Å². The van der Waals surface area contributed by atoms with Crippen LogP contribution in [0.3, 0.4) is 0 Å². The highest BCUT2D eigenvalue weighted by atomic mass is 32.2. The van der Waals surface area contributed by atoms with Crippen LogP contribution < -0.4 is 15.2 Å². The molecule has 1 aromatic heterocycles. The fraction of sp³-hybridized carbons (Fsp3) is 0.233. The number of aromatic hydroxyl groups is 1. The average Bonchev–Trinajstić information content (AvgIpc) is 3.75. The van der Waals surface area contributed by atoms with Gasteiger partial charge in [-0.25, -0.2) is 17.5 Å². The lowest BCUT2D eigenvalue weighted by atomic mass is 9.94. The van der Waals surface area contributed by atoms with Gasteiger partial charge in [0.05, 0.1) is 16.3 Å². The van der Waals surface area contributed by atoms with Gasteiger partial charge in [0.15, 0.2) is 11.4 Å². The van der Waals surface area contributed by atoms with E-state index >= 15 is 0 Å². The largest absolute Gasteiger partial charge is 0.505 e. The van der Waals surface area contributed by atoms with E-state index in [9.17, 15) is 18.3 Å². The fourth-order valence-electron chi connectivity index (χ4n) is 4.51. The number of para-hydroxylation sites is 2. The standard InChI is InChI=1S/C30H30N2O5S/c1-2-22(19-21-11-5-3-6-12-21)28-20-27(33)29(30(34)37-28)32(38(35,36)24-13-7-4-8-14-24)26-16-10-9-15-25(26)31-23-17-18-23/h3-16,20,22-23,31,33H,2,17-19H2,1H3. The number of nitrogens with one attached hydrogen (secondary N) is 1. The molecule has 0 saturated heterocycles. The molecule has 0 spiro atoms. The number of hydrogen-bond donors (Lipinski definition) is 2. The van der Waals surface area contributed by atoms with Crippen LogP contribution in [0.4, 0.5) is 17.1 Å². The van der Waals surface area contributed by atoms with Crippen LogP contribution in [0, 0.1) is 0 Å². The summed E-state index contributed by atoms with van der Waals surface area (Å²) in [4.78, 5) is 13.5. The van der Waals surface area contributed by atoms with E-state index in [1.54, 1.807) is 42.5 Å². The first kappa shape index (κ1) is 25.6. The van der Waals surface area contributed by atoms with E-state index in [-0.39, 0.29) is 22.5 Å². The fourth-order valence-corrected chi connectivity index (χ4v) is 6.05.